The standard InChI is InChI=1S/C25H29N3O4S/c1-17(2)13-14-26-25(29)20-6-12-24(27-16-20)32-22-9-7-21(8-10-22)28-33(30,31)23-11-5-18(3)19(4)15-23/h5-12,15-17,28H,13-14H2,1-4H3,(H,26,29). The number of amides is 1. The van der Waals surface area contributed by atoms with Crippen LogP contribution in [0.2, 0.25) is 0 Å². The third-order valence-electron chi connectivity index (χ3n) is 5.12. The molecule has 0 spiro atoms. The van der Waals surface area contributed by atoms with Crippen molar-refractivity contribution in [3.63, 3.8) is 0 Å². The highest BCUT2D eigenvalue weighted by Gasteiger charge is 2.15. The molecule has 0 fully saturated rings. The lowest BCUT2D eigenvalue weighted by Gasteiger charge is -2.11. The molecule has 0 bridgehead atoms. The molecule has 0 saturated heterocycles. The van der Waals surface area contributed by atoms with E-state index in [4.69, 9.17) is 4.74 Å². The van der Waals surface area contributed by atoms with Crippen LogP contribution in [-0.4, -0.2) is 25.9 Å². The molecule has 0 aliphatic heterocycles. The highest BCUT2D eigenvalue weighted by atomic mass is 32.2. The molecule has 0 aliphatic carbocycles. The molecule has 0 unspecified atom stereocenters. The third-order valence-corrected chi connectivity index (χ3v) is 6.50. The van der Waals surface area contributed by atoms with E-state index >= 15 is 0 Å². The van der Waals surface area contributed by atoms with E-state index in [0.717, 1.165) is 17.5 Å². The normalized spacial score (nSPS) is 11.3. The van der Waals surface area contributed by atoms with E-state index in [1.54, 1.807) is 54.6 Å². The van der Waals surface area contributed by atoms with Gasteiger partial charge in [0.25, 0.3) is 15.9 Å². The SMILES string of the molecule is Cc1ccc(S(=O)(=O)Nc2ccc(Oc3ccc(C(=O)NCCC(C)C)cn3)cc2)cc1C. The fourth-order valence-electron chi connectivity index (χ4n) is 2.96. The van der Waals surface area contributed by atoms with E-state index in [2.05, 4.69) is 28.9 Å². The van der Waals surface area contributed by atoms with Gasteiger partial charge in [-0.1, -0.05) is 19.9 Å². The Balaban J connectivity index is 1.60. The number of aromatic nitrogens is 1. The zero-order valence-corrected chi connectivity index (χ0v) is 20.1. The summed E-state index contributed by atoms with van der Waals surface area (Å²) >= 11 is 0. The smallest absolute Gasteiger partial charge is 0.261 e. The number of hydrogen-bond acceptors (Lipinski definition) is 5. The minimum Gasteiger partial charge on any atom is -0.439 e. The van der Waals surface area contributed by atoms with Gasteiger partial charge in [-0.15, -0.1) is 0 Å². The van der Waals surface area contributed by atoms with Gasteiger partial charge < -0.3 is 10.1 Å². The number of hydrogen-bond donors (Lipinski definition) is 2. The number of carbonyl (C=O) groups is 1. The Bertz CT molecular complexity index is 1210. The lowest BCUT2D eigenvalue weighted by molar-refractivity contribution is 0.0951. The maximum absolute atomic E-state index is 12.6. The van der Waals surface area contributed by atoms with Crippen LogP contribution < -0.4 is 14.8 Å². The minimum atomic E-state index is -3.69. The summed E-state index contributed by atoms with van der Waals surface area (Å²) in [6.07, 6.45) is 2.38. The molecule has 33 heavy (non-hydrogen) atoms. The van der Waals surface area contributed by atoms with Crippen LogP contribution in [0.5, 0.6) is 11.6 Å². The number of pyridine rings is 1. The molecule has 0 aliphatic rings. The number of anilines is 1. The topological polar surface area (TPSA) is 97.4 Å². The zero-order chi connectivity index (χ0) is 24.0. The van der Waals surface area contributed by atoms with Crippen LogP contribution in [0.1, 0.15) is 41.8 Å². The zero-order valence-electron chi connectivity index (χ0n) is 19.3. The Morgan fingerprint density at radius 3 is 2.33 bits per heavy atom. The van der Waals surface area contributed by atoms with Gasteiger partial charge in [0.2, 0.25) is 5.88 Å². The summed E-state index contributed by atoms with van der Waals surface area (Å²) in [6.45, 7) is 8.64. The maximum atomic E-state index is 12.6. The average molecular weight is 468 g/mol. The van der Waals surface area contributed by atoms with Crippen molar-refractivity contribution < 1.29 is 17.9 Å². The van der Waals surface area contributed by atoms with Crippen molar-refractivity contribution in [2.75, 3.05) is 11.3 Å². The van der Waals surface area contributed by atoms with Gasteiger partial charge in [-0.3, -0.25) is 9.52 Å². The Morgan fingerprint density at radius 1 is 1.00 bits per heavy atom. The summed E-state index contributed by atoms with van der Waals surface area (Å²) in [5, 5.41) is 2.87. The van der Waals surface area contributed by atoms with Gasteiger partial charge in [0.05, 0.1) is 10.5 Å². The van der Waals surface area contributed by atoms with E-state index in [-0.39, 0.29) is 10.8 Å². The third kappa shape index (κ3) is 6.79. The van der Waals surface area contributed by atoms with Crippen LogP contribution in [0.4, 0.5) is 5.69 Å². The number of nitrogens with one attached hydrogen (secondary N) is 2. The second kappa shape index (κ2) is 10.5. The molecule has 1 amide bonds. The average Bonchev–Trinajstić information content (AvgIpc) is 2.77. The van der Waals surface area contributed by atoms with E-state index in [0.29, 0.717) is 35.3 Å². The Kier molecular flexibility index (Phi) is 7.71. The van der Waals surface area contributed by atoms with Crippen molar-refractivity contribution in [2.24, 2.45) is 5.92 Å². The number of rotatable bonds is 9. The van der Waals surface area contributed by atoms with E-state index in [1.165, 1.54) is 6.20 Å². The minimum absolute atomic E-state index is 0.171. The quantitative estimate of drug-likeness (QED) is 0.458. The van der Waals surface area contributed by atoms with Crippen LogP contribution >= 0.6 is 0 Å². The summed E-state index contributed by atoms with van der Waals surface area (Å²) in [5.41, 5.74) is 2.82. The molecule has 1 aromatic heterocycles. The Hall–Kier alpha value is -3.39. The van der Waals surface area contributed by atoms with Crippen molar-refractivity contribution in [2.45, 2.75) is 39.0 Å². The summed E-state index contributed by atoms with van der Waals surface area (Å²) in [6, 6.07) is 14.8. The fraction of sp³-hybridized carbons (Fsp3) is 0.280. The van der Waals surface area contributed by atoms with Gasteiger partial charge in [-0.05, 0) is 79.8 Å². The van der Waals surface area contributed by atoms with Gasteiger partial charge in [-0.2, -0.15) is 0 Å². The van der Waals surface area contributed by atoms with Gasteiger partial charge in [0.15, 0.2) is 0 Å². The monoisotopic (exact) mass is 467 g/mol. The van der Waals surface area contributed by atoms with Crippen LogP contribution in [0.25, 0.3) is 0 Å². The molecular formula is C25H29N3O4S. The highest BCUT2D eigenvalue weighted by molar-refractivity contribution is 7.92. The molecule has 2 N–H and O–H groups in total. The molecule has 0 atom stereocenters. The molecule has 3 rings (SSSR count). The summed E-state index contributed by atoms with van der Waals surface area (Å²) in [5.74, 6) is 1.17. The van der Waals surface area contributed by atoms with E-state index in [1.807, 2.05) is 13.8 Å². The molecule has 7 nitrogen and oxygen atoms in total. The van der Waals surface area contributed by atoms with Crippen molar-refractivity contribution in [1.29, 1.82) is 0 Å². The molecule has 1 heterocycles. The van der Waals surface area contributed by atoms with Crippen LogP contribution in [0.15, 0.2) is 65.7 Å². The largest absolute Gasteiger partial charge is 0.439 e. The summed E-state index contributed by atoms with van der Waals surface area (Å²) in [4.78, 5) is 16.5. The molecule has 2 aromatic carbocycles. The number of sulfonamides is 1. The lowest BCUT2D eigenvalue weighted by atomic mass is 10.1. The number of carbonyl (C=O) groups excluding carboxylic acids is 1. The Labute approximate surface area is 195 Å². The first-order valence-electron chi connectivity index (χ1n) is 10.8. The van der Waals surface area contributed by atoms with Crippen LogP contribution in [0.3, 0.4) is 0 Å². The first-order valence-corrected chi connectivity index (χ1v) is 12.2. The first-order chi connectivity index (χ1) is 15.6. The number of benzene rings is 2. The Morgan fingerprint density at radius 2 is 1.73 bits per heavy atom. The predicted molar refractivity (Wildman–Crippen MR) is 129 cm³/mol. The molecule has 0 radical (unpaired) electrons. The molecule has 0 saturated carbocycles. The molecule has 3 aromatic rings. The lowest BCUT2D eigenvalue weighted by Crippen LogP contribution is -2.25. The van der Waals surface area contributed by atoms with E-state index in [9.17, 15) is 13.2 Å². The van der Waals surface area contributed by atoms with Gasteiger partial charge >= 0.3 is 0 Å². The van der Waals surface area contributed by atoms with Crippen molar-refractivity contribution in [3.8, 4) is 11.6 Å². The predicted octanol–water partition coefficient (Wildman–Crippen LogP) is 5.07. The van der Waals surface area contributed by atoms with Gasteiger partial charge in [-0.25, -0.2) is 13.4 Å². The van der Waals surface area contributed by atoms with Gasteiger partial charge in [0.1, 0.15) is 5.75 Å². The van der Waals surface area contributed by atoms with Crippen LogP contribution in [-0.2, 0) is 10.0 Å². The number of aryl methyl sites for hydroxylation is 2. The van der Waals surface area contributed by atoms with E-state index < -0.39 is 10.0 Å². The molecule has 8 heteroatoms. The number of nitrogens with zero attached hydrogens (tertiary/aromatic N) is 1. The molecule has 174 valence electrons. The van der Waals surface area contributed by atoms with Gasteiger partial charge in [0, 0.05) is 24.5 Å². The van der Waals surface area contributed by atoms with Crippen LogP contribution in [0, 0.1) is 19.8 Å². The molecular weight excluding hydrogens is 438 g/mol. The maximum Gasteiger partial charge on any atom is 0.261 e. The summed E-state index contributed by atoms with van der Waals surface area (Å²) < 4.78 is 33.6. The first kappa shape index (κ1) is 24.3. The summed E-state index contributed by atoms with van der Waals surface area (Å²) in [7, 11) is -3.69. The van der Waals surface area contributed by atoms with Crippen molar-refractivity contribution >= 4 is 21.6 Å². The van der Waals surface area contributed by atoms with Crippen molar-refractivity contribution in [3.05, 3.63) is 77.5 Å². The fourth-order valence-corrected chi connectivity index (χ4v) is 4.10. The highest BCUT2D eigenvalue weighted by Crippen LogP contribution is 2.24. The van der Waals surface area contributed by atoms with Crippen molar-refractivity contribution in [1.82, 2.24) is 10.3 Å². The second-order valence-corrected chi connectivity index (χ2v) is 9.98. The second-order valence-electron chi connectivity index (χ2n) is 8.30. The number of ether oxygens (including phenoxy) is 1.